The number of esters is 1. The van der Waals surface area contributed by atoms with Gasteiger partial charge in [-0.25, -0.2) is 13.8 Å². The van der Waals surface area contributed by atoms with Crippen LogP contribution >= 0.6 is 19.3 Å². The summed E-state index contributed by atoms with van der Waals surface area (Å²) in [6, 6.07) is 7.71. The van der Waals surface area contributed by atoms with Crippen molar-refractivity contribution in [3.63, 3.8) is 0 Å². The fourth-order valence-corrected chi connectivity index (χ4v) is 5.07. The molecule has 0 amide bonds. The van der Waals surface area contributed by atoms with E-state index in [-0.39, 0.29) is 11.9 Å². The maximum atomic E-state index is 15.2. The first kappa shape index (κ1) is 29.0. The number of aliphatic hydroxyl groups excluding tert-OH is 1. The van der Waals surface area contributed by atoms with Gasteiger partial charge in [0.25, 0.3) is 10.7 Å². The van der Waals surface area contributed by atoms with Crippen molar-refractivity contribution in [1.82, 2.24) is 14.6 Å². The van der Waals surface area contributed by atoms with Crippen LogP contribution in [0.3, 0.4) is 0 Å². The molecule has 3 rings (SSSR count). The molecule has 7 atom stereocenters. The SMILES string of the molecule is CC[C@@H](C)OC(=O)[C@H](C)NP(=O)(OC[C@H]1O[C@@H](n2ccc(=O)[nH]c2=O)[C@@](F)(Cl)[C@@H]1O)Oc1ccccc1. The van der Waals surface area contributed by atoms with Gasteiger partial charge in [0.05, 0.1) is 12.7 Å². The Bertz CT molecular complexity index is 1240. The van der Waals surface area contributed by atoms with Gasteiger partial charge < -0.3 is 19.1 Å². The number of hydrogen-bond acceptors (Lipinski definition) is 9. The minimum Gasteiger partial charge on any atom is -0.462 e. The van der Waals surface area contributed by atoms with Crippen molar-refractivity contribution in [1.29, 1.82) is 0 Å². The Hall–Kier alpha value is -2.54. The average molecular weight is 564 g/mol. The van der Waals surface area contributed by atoms with Crippen molar-refractivity contribution in [2.45, 2.75) is 62.9 Å². The Kier molecular flexibility index (Phi) is 9.32. The second kappa shape index (κ2) is 11.9. The predicted octanol–water partition coefficient (Wildman–Crippen LogP) is 2.22. The number of hydrogen-bond donors (Lipinski definition) is 3. The normalized spacial score (nSPS) is 26.7. The second-order valence-electron chi connectivity index (χ2n) is 8.37. The topological polar surface area (TPSA) is 158 Å². The first-order valence-electron chi connectivity index (χ1n) is 11.4. The third-order valence-corrected chi connectivity index (χ3v) is 7.51. The number of para-hydroxylation sites is 1. The number of nitrogens with zero attached hydrogens (tertiary/aromatic N) is 1. The van der Waals surface area contributed by atoms with Gasteiger partial charge >= 0.3 is 19.4 Å². The zero-order chi connectivity index (χ0) is 27.4. The van der Waals surface area contributed by atoms with Gasteiger partial charge in [0.2, 0.25) is 0 Å². The highest BCUT2D eigenvalue weighted by molar-refractivity contribution is 7.52. The van der Waals surface area contributed by atoms with Gasteiger partial charge in [-0.2, -0.15) is 5.09 Å². The zero-order valence-corrected chi connectivity index (χ0v) is 21.9. The van der Waals surface area contributed by atoms with Crippen LogP contribution in [-0.4, -0.2) is 56.7 Å². The smallest absolute Gasteiger partial charge is 0.459 e. The maximum Gasteiger partial charge on any atom is 0.459 e. The van der Waals surface area contributed by atoms with E-state index >= 15 is 4.39 Å². The van der Waals surface area contributed by atoms with Crippen molar-refractivity contribution in [2.75, 3.05) is 6.61 Å². The third kappa shape index (κ3) is 7.07. The van der Waals surface area contributed by atoms with E-state index in [1.807, 2.05) is 11.9 Å². The number of halogens is 2. The number of nitrogens with one attached hydrogen (secondary N) is 2. The van der Waals surface area contributed by atoms with Gasteiger partial charge in [-0.15, -0.1) is 0 Å². The molecule has 37 heavy (non-hydrogen) atoms. The minimum atomic E-state index is -4.36. The van der Waals surface area contributed by atoms with Crippen LogP contribution in [0.15, 0.2) is 52.2 Å². The lowest BCUT2D eigenvalue weighted by Crippen LogP contribution is -2.42. The van der Waals surface area contributed by atoms with Gasteiger partial charge in [-0.05, 0) is 32.4 Å². The molecule has 1 saturated heterocycles. The maximum absolute atomic E-state index is 15.2. The van der Waals surface area contributed by atoms with Crippen LogP contribution in [0.5, 0.6) is 5.75 Å². The van der Waals surface area contributed by atoms with Gasteiger partial charge in [0.15, 0.2) is 6.23 Å². The quantitative estimate of drug-likeness (QED) is 0.210. The molecule has 0 spiro atoms. The van der Waals surface area contributed by atoms with Gasteiger partial charge in [0.1, 0.15) is 24.0 Å². The van der Waals surface area contributed by atoms with Crippen LogP contribution in [-0.2, 0) is 23.4 Å². The van der Waals surface area contributed by atoms with Crippen LogP contribution in [0, 0.1) is 0 Å². The highest BCUT2D eigenvalue weighted by Gasteiger charge is 2.58. The number of rotatable bonds is 11. The molecule has 204 valence electrons. The number of aliphatic hydroxyl groups is 1. The van der Waals surface area contributed by atoms with Crippen LogP contribution in [0.1, 0.15) is 33.4 Å². The summed E-state index contributed by atoms with van der Waals surface area (Å²) in [7, 11) is -4.36. The molecule has 2 heterocycles. The van der Waals surface area contributed by atoms with E-state index in [0.29, 0.717) is 11.0 Å². The molecule has 1 fully saturated rings. The number of benzene rings is 1. The number of ether oxygens (including phenoxy) is 2. The van der Waals surface area contributed by atoms with Crippen LogP contribution in [0.4, 0.5) is 4.39 Å². The average Bonchev–Trinajstić information content (AvgIpc) is 3.06. The lowest BCUT2D eigenvalue weighted by molar-refractivity contribution is -0.150. The van der Waals surface area contributed by atoms with Crippen molar-refractivity contribution in [3.05, 3.63) is 63.4 Å². The summed E-state index contributed by atoms with van der Waals surface area (Å²) in [6.07, 6.45) is -4.29. The van der Waals surface area contributed by atoms with E-state index in [2.05, 4.69) is 5.09 Å². The molecule has 1 aromatic heterocycles. The number of carbonyl (C=O) groups is 1. The van der Waals surface area contributed by atoms with E-state index in [9.17, 15) is 24.1 Å². The van der Waals surface area contributed by atoms with Gasteiger partial charge in [-0.1, -0.05) is 36.7 Å². The van der Waals surface area contributed by atoms with Crippen molar-refractivity contribution in [3.8, 4) is 5.75 Å². The molecular weight excluding hydrogens is 536 g/mol. The Morgan fingerprint density at radius 3 is 2.62 bits per heavy atom. The summed E-state index contributed by atoms with van der Waals surface area (Å²) in [5.74, 6) is -0.586. The van der Waals surface area contributed by atoms with Crippen molar-refractivity contribution >= 4 is 25.3 Å². The molecule has 1 unspecified atom stereocenters. The molecule has 1 aliphatic heterocycles. The molecule has 1 aliphatic rings. The highest BCUT2D eigenvalue weighted by Crippen LogP contribution is 2.48. The summed E-state index contributed by atoms with van der Waals surface area (Å²) in [5.41, 5.74) is -1.76. The van der Waals surface area contributed by atoms with E-state index in [4.69, 9.17) is 30.1 Å². The zero-order valence-electron chi connectivity index (χ0n) is 20.2. The third-order valence-electron chi connectivity index (χ3n) is 5.46. The lowest BCUT2D eigenvalue weighted by Gasteiger charge is -2.25. The summed E-state index contributed by atoms with van der Waals surface area (Å²) in [4.78, 5) is 37.8. The van der Waals surface area contributed by atoms with Crippen LogP contribution in [0.2, 0.25) is 0 Å². The molecule has 12 nitrogen and oxygen atoms in total. The number of aromatic amines is 1. The Morgan fingerprint density at radius 2 is 2.00 bits per heavy atom. The number of H-pyrrole nitrogens is 1. The van der Waals surface area contributed by atoms with Crippen LogP contribution < -0.4 is 20.9 Å². The van der Waals surface area contributed by atoms with Gasteiger partial charge in [-0.3, -0.25) is 23.7 Å². The van der Waals surface area contributed by atoms with Crippen molar-refractivity contribution < 1.29 is 37.4 Å². The van der Waals surface area contributed by atoms with Crippen LogP contribution in [0.25, 0.3) is 0 Å². The first-order valence-corrected chi connectivity index (χ1v) is 13.3. The molecule has 2 aromatic rings. The molecule has 0 radical (unpaired) electrons. The fourth-order valence-electron chi connectivity index (χ4n) is 3.27. The molecule has 0 saturated carbocycles. The number of alkyl halides is 2. The summed E-state index contributed by atoms with van der Waals surface area (Å²) in [6.45, 7) is 4.18. The molecule has 1 aromatic carbocycles. The predicted molar refractivity (Wildman–Crippen MR) is 130 cm³/mol. The largest absolute Gasteiger partial charge is 0.462 e. The Balaban J connectivity index is 1.79. The summed E-state index contributed by atoms with van der Waals surface area (Å²) in [5, 5.41) is 9.91. The standard InChI is InChI=1S/C22H28ClFN3O9P/c1-4-13(2)34-19(30)14(3)26-37(32,36-15-8-6-5-7-9-15)33-12-16-18(29)22(23,24)20(35-16)27-11-10-17(28)25-21(27)31/h5-11,13-14,16,18,20,29H,4,12H2,1-3H3,(H,26,32)(H,25,28,31)/t13-,14+,16-,18-,20-,22-,37?/m1/s1. The molecule has 0 bridgehead atoms. The van der Waals surface area contributed by atoms with E-state index in [1.54, 1.807) is 25.1 Å². The Labute approximate surface area is 216 Å². The number of carbonyl (C=O) groups excluding carboxylic acids is 1. The van der Waals surface area contributed by atoms with Gasteiger partial charge in [0, 0.05) is 12.3 Å². The summed E-state index contributed by atoms with van der Waals surface area (Å²) >= 11 is 5.87. The summed E-state index contributed by atoms with van der Waals surface area (Å²) < 4.78 is 51.1. The van der Waals surface area contributed by atoms with Crippen molar-refractivity contribution in [2.24, 2.45) is 0 Å². The van der Waals surface area contributed by atoms with E-state index in [0.717, 1.165) is 12.3 Å². The molecule has 0 aliphatic carbocycles. The second-order valence-corrected chi connectivity index (χ2v) is 10.6. The molecule has 3 N–H and O–H groups in total. The molecule has 15 heteroatoms. The highest BCUT2D eigenvalue weighted by atomic mass is 35.5. The minimum absolute atomic E-state index is 0.128. The fraction of sp³-hybridized carbons (Fsp3) is 0.500. The Morgan fingerprint density at radius 1 is 1.32 bits per heavy atom. The molecular formula is C22H28ClFN3O9P. The first-order chi connectivity index (χ1) is 17.4. The monoisotopic (exact) mass is 563 g/mol. The lowest BCUT2D eigenvalue weighted by atomic mass is 10.1. The van der Waals surface area contributed by atoms with E-state index in [1.165, 1.54) is 19.1 Å². The van der Waals surface area contributed by atoms with E-state index < -0.39 is 61.2 Å². The number of aromatic nitrogens is 2.